The van der Waals surface area contributed by atoms with Crippen LogP contribution in [0.15, 0.2) is 59.6 Å². The Balaban J connectivity index is 1.63. The SMILES string of the molecule is Cc1sc(C(=O)Nc2cc(Cl)cc(NS(C)(=O)=O)c2)cc1-c1ncc(F)cc1OC(C)c1cc(F)cc(S(C)(=O)=O)c1. The summed E-state index contributed by atoms with van der Waals surface area (Å²) in [4.78, 5) is 17.9. The van der Waals surface area contributed by atoms with Crippen LogP contribution in [-0.2, 0) is 19.9 Å². The summed E-state index contributed by atoms with van der Waals surface area (Å²) in [5.41, 5.74) is 1.29. The Morgan fingerprint density at radius 1 is 0.976 bits per heavy atom. The lowest BCUT2D eigenvalue weighted by Crippen LogP contribution is -2.12. The van der Waals surface area contributed by atoms with Crippen LogP contribution in [0.2, 0.25) is 5.02 Å². The Hall–Kier alpha value is -3.59. The van der Waals surface area contributed by atoms with E-state index in [1.807, 2.05) is 0 Å². The Kier molecular flexibility index (Phi) is 8.92. The molecular weight excluding hydrogens is 632 g/mol. The zero-order chi connectivity index (χ0) is 31.0. The lowest BCUT2D eigenvalue weighted by atomic mass is 10.1. The highest BCUT2D eigenvalue weighted by Gasteiger charge is 2.22. The van der Waals surface area contributed by atoms with Gasteiger partial charge < -0.3 is 10.1 Å². The number of sulfonamides is 1. The number of nitrogens with one attached hydrogen (secondary N) is 2. The molecule has 4 rings (SSSR count). The fraction of sp³-hybridized carbons (Fsp3) is 0.185. The molecule has 2 heterocycles. The molecule has 0 aliphatic carbocycles. The molecule has 0 bridgehead atoms. The van der Waals surface area contributed by atoms with Gasteiger partial charge in [0.05, 0.1) is 27.9 Å². The first-order valence-corrected chi connectivity index (χ1v) is 17.0. The first-order valence-electron chi connectivity index (χ1n) is 12.0. The van der Waals surface area contributed by atoms with Crippen molar-refractivity contribution in [3.05, 3.63) is 86.7 Å². The minimum atomic E-state index is -3.70. The zero-order valence-electron chi connectivity index (χ0n) is 22.5. The fourth-order valence-electron chi connectivity index (χ4n) is 3.96. The molecule has 0 aliphatic heterocycles. The maximum absolute atomic E-state index is 14.2. The number of aromatic nitrogens is 1. The number of halogens is 3. The number of carbonyl (C=O) groups excluding carboxylic acids is 1. The third-order valence-corrected chi connectivity index (χ3v) is 8.74. The van der Waals surface area contributed by atoms with Gasteiger partial charge in [-0.15, -0.1) is 11.3 Å². The molecule has 42 heavy (non-hydrogen) atoms. The zero-order valence-corrected chi connectivity index (χ0v) is 25.7. The number of rotatable bonds is 9. The van der Waals surface area contributed by atoms with E-state index in [-0.39, 0.29) is 43.2 Å². The number of aryl methyl sites for hydroxylation is 1. The van der Waals surface area contributed by atoms with Crippen molar-refractivity contribution in [2.45, 2.75) is 24.8 Å². The molecule has 2 aromatic carbocycles. The Morgan fingerprint density at radius 3 is 2.33 bits per heavy atom. The van der Waals surface area contributed by atoms with Crippen LogP contribution in [0.5, 0.6) is 5.75 Å². The molecule has 0 radical (unpaired) electrons. The number of sulfone groups is 1. The number of thiophene rings is 1. The van der Waals surface area contributed by atoms with E-state index in [9.17, 15) is 30.4 Å². The van der Waals surface area contributed by atoms with E-state index in [1.54, 1.807) is 13.8 Å². The molecule has 0 fully saturated rings. The summed E-state index contributed by atoms with van der Waals surface area (Å²) in [6.07, 6.45) is 2.02. The molecule has 222 valence electrons. The Labute approximate surface area is 250 Å². The fourth-order valence-corrected chi connectivity index (χ4v) is 6.33. The van der Waals surface area contributed by atoms with Crippen molar-refractivity contribution in [1.82, 2.24) is 4.98 Å². The number of pyridine rings is 1. The van der Waals surface area contributed by atoms with Gasteiger partial charge >= 0.3 is 0 Å². The second-order valence-electron chi connectivity index (χ2n) is 9.39. The molecule has 0 aliphatic rings. The van der Waals surface area contributed by atoms with Gasteiger partial charge in [-0.05, 0) is 61.9 Å². The number of hydrogen-bond donors (Lipinski definition) is 2. The van der Waals surface area contributed by atoms with Gasteiger partial charge in [-0.3, -0.25) is 9.52 Å². The summed E-state index contributed by atoms with van der Waals surface area (Å²) in [5.74, 6) is -2.01. The molecular formula is C27H24ClF2N3O6S3. The third kappa shape index (κ3) is 7.82. The highest BCUT2D eigenvalue weighted by molar-refractivity contribution is 7.92. The van der Waals surface area contributed by atoms with Gasteiger partial charge in [-0.2, -0.15) is 0 Å². The van der Waals surface area contributed by atoms with Gasteiger partial charge in [0.15, 0.2) is 9.84 Å². The number of ether oxygens (including phenoxy) is 1. The van der Waals surface area contributed by atoms with Crippen LogP contribution in [-0.4, -0.2) is 40.2 Å². The summed E-state index contributed by atoms with van der Waals surface area (Å²) in [5, 5.41) is 2.86. The molecule has 2 aromatic heterocycles. The molecule has 0 saturated heterocycles. The molecule has 0 spiro atoms. The first kappa shape index (κ1) is 31.3. The number of benzene rings is 2. The molecule has 9 nitrogen and oxygen atoms in total. The predicted octanol–water partition coefficient (Wildman–Crippen LogP) is 6.22. The lowest BCUT2D eigenvalue weighted by molar-refractivity contribution is 0.103. The van der Waals surface area contributed by atoms with Crippen LogP contribution in [0.4, 0.5) is 20.2 Å². The molecule has 2 N–H and O–H groups in total. The third-order valence-electron chi connectivity index (χ3n) is 5.77. The van der Waals surface area contributed by atoms with E-state index >= 15 is 0 Å². The average molecular weight is 656 g/mol. The highest BCUT2D eigenvalue weighted by Crippen LogP contribution is 2.38. The number of hydrogen-bond acceptors (Lipinski definition) is 8. The monoisotopic (exact) mass is 655 g/mol. The van der Waals surface area contributed by atoms with Crippen LogP contribution in [0.3, 0.4) is 0 Å². The molecule has 15 heteroatoms. The predicted molar refractivity (Wildman–Crippen MR) is 159 cm³/mol. The van der Waals surface area contributed by atoms with Crippen molar-refractivity contribution < 1.29 is 35.1 Å². The van der Waals surface area contributed by atoms with Crippen LogP contribution in [0.25, 0.3) is 11.3 Å². The smallest absolute Gasteiger partial charge is 0.265 e. The number of anilines is 2. The van der Waals surface area contributed by atoms with Crippen LogP contribution in [0, 0.1) is 18.6 Å². The Morgan fingerprint density at radius 2 is 1.67 bits per heavy atom. The van der Waals surface area contributed by atoms with Gasteiger partial charge in [0.2, 0.25) is 10.0 Å². The van der Waals surface area contributed by atoms with Crippen molar-refractivity contribution >= 4 is 60.1 Å². The molecule has 0 saturated carbocycles. The van der Waals surface area contributed by atoms with Crippen LogP contribution < -0.4 is 14.8 Å². The van der Waals surface area contributed by atoms with Crippen molar-refractivity contribution in [2.75, 3.05) is 22.6 Å². The number of nitrogens with zero attached hydrogens (tertiary/aromatic N) is 1. The number of carbonyl (C=O) groups is 1. The summed E-state index contributed by atoms with van der Waals surface area (Å²) < 4.78 is 83.8. The topological polar surface area (TPSA) is 132 Å². The Bertz CT molecular complexity index is 1910. The van der Waals surface area contributed by atoms with E-state index in [2.05, 4.69) is 15.0 Å². The molecule has 1 unspecified atom stereocenters. The second-order valence-corrected chi connectivity index (χ2v) is 14.8. The van der Waals surface area contributed by atoms with Crippen LogP contribution >= 0.6 is 22.9 Å². The van der Waals surface area contributed by atoms with E-state index in [1.165, 1.54) is 30.3 Å². The summed E-state index contributed by atoms with van der Waals surface area (Å²) in [7, 11) is -7.28. The van der Waals surface area contributed by atoms with Crippen molar-refractivity contribution in [2.24, 2.45) is 0 Å². The van der Waals surface area contributed by atoms with E-state index < -0.39 is 43.5 Å². The maximum Gasteiger partial charge on any atom is 0.265 e. The summed E-state index contributed by atoms with van der Waals surface area (Å²) in [6, 6.07) is 10.2. The quantitative estimate of drug-likeness (QED) is 0.219. The maximum atomic E-state index is 14.2. The van der Waals surface area contributed by atoms with E-state index in [0.29, 0.717) is 10.4 Å². The largest absolute Gasteiger partial charge is 0.484 e. The normalized spacial score (nSPS) is 12.5. The molecule has 4 aromatic rings. The van der Waals surface area contributed by atoms with Crippen molar-refractivity contribution in [3.8, 4) is 17.0 Å². The van der Waals surface area contributed by atoms with Gasteiger partial charge in [0, 0.05) is 33.5 Å². The standard InChI is InChI=1S/C27H24ClF2N3O6S3/c1-14(16-5-18(29)9-22(6-16)41(3,35)36)39-24-10-19(30)13-31-26(24)23-12-25(40-15(23)2)27(34)32-20-7-17(28)8-21(11-20)33-42(4,37)38/h5-14,33H,1-4H3,(H,32,34). The average Bonchev–Trinajstić information content (AvgIpc) is 3.23. The van der Waals surface area contributed by atoms with Gasteiger partial charge in [-0.25, -0.2) is 30.6 Å². The summed E-state index contributed by atoms with van der Waals surface area (Å²) in [6.45, 7) is 3.28. The highest BCUT2D eigenvalue weighted by atomic mass is 35.5. The first-order chi connectivity index (χ1) is 19.5. The van der Waals surface area contributed by atoms with Crippen molar-refractivity contribution in [1.29, 1.82) is 0 Å². The molecule has 1 atom stereocenters. The minimum absolute atomic E-state index is 0.00754. The van der Waals surface area contributed by atoms with E-state index in [4.69, 9.17) is 16.3 Å². The van der Waals surface area contributed by atoms with E-state index in [0.717, 1.165) is 48.2 Å². The lowest BCUT2D eigenvalue weighted by Gasteiger charge is -2.18. The van der Waals surface area contributed by atoms with Gasteiger partial charge in [0.1, 0.15) is 29.2 Å². The van der Waals surface area contributed by atoms with Gasteiger partial charge in [0.25, 0.3) is 5.91 Å². The van der Waals surface area contributed by atoms with Gasteiger partial charge in [-0.1, -0.05) is 11.6 Å². The molecule has 1 amide bonds. The van der Waals surface area contributed by atoms with Crippen LogP contribution in [0.1, 0.15) is 33.1 Å². The minimum Gasteiger partial charge on any atom is -0.484 e. The second kappa shape index (κ2) is 12.0. The number of amides is 1. The summed E-state index contributed by atoms with van der Waals surface area (Å²) >= 11 is 7.21. The van der Waals surface area contributed by atoms with Crippen molar-refractivity contribution in [3.63, 3.8) is 0 Å².